The predicted molar refractivity (Wildman–Crippen MR) is 54.7 cm³/mol. The van der Waals surface area contributed by atoms with Crippen molar-refractivity contribution in [3.63, 3.8) is 0 Å². The van der Waals surface area contributed by atoms with E-state index in [0.29, 0.717) is 6.42 Å². The first-order chi connectivity index (χ1) is 6.63. The van der Waals surface area contributed by atoms with Gasteiger partial charge in [-0.25, -0.2) is 5.06 Å². The van der Waals surface area contributed by atoms with E-state index in [1.54, 1.807) is 7.05 Å². The maximum atomic E-state index is 11.4. The van der Waals surface area contributed by atoms with Crippen LogP contribution in [0.15, 0.2) is 24.3 Å². The van der Waals surface area contributed by atoms with E-state index in [4.69, 9.17) is 4.84 Å². The number of hydroxylamine groups is 2. The van der Waals surface area contributed by atoms with Gasteiger partial charge in [0.25, 0.3) is 0 Å². The van der Waals surface area contributed by atoms with Crippen molar-refractivity contribution in [2.24, 2.45) is 0 Å². The number of hydrogen-bond donors (Lipinski definition) is 0. The first-order valence-corrected chi connectivity index (χ1v) is 4.49. The Kier molecular flexibility index (Phi) is 3.65. The van der Waals surface area contributed by atoms with Crippen LogP contribution in [-0.2, 0) is 16.1 Å². The van der Waals surface area contributed by atoms with E-state index >= 15 is 0 Å². The van der Waals surface area contributed by atoms with Crippen LogP contribution in [0.4, 0.5) is 0 Å². The molecule has 0 aliphatic heterocycles. The molecule has 0 radical (unpaired) electrons. The number of carbonyl (C=O) groups is 1. The Morgan fingerprint density at radius 2 is 1.93 bits per heavy atom. The Hall–Kier alpha value is -1.35. The second-order valence-corrected chi connectivity index (χ2v) is 3.24. The highest BCUT2D eigenvalue weighted by atomic mass is 16.7. The molecule has 0 bridgehead atoms. The van der Waals surface area contributed by atoms with Gasteiger partial charge in [-0.05, 0) is 12.5 Å². The Balaban J connectivity index is 2.60. The molecule has 1 aromatic rings. The van der Waals surface area contributed by atoms with E-state index in [9.17, 15) is 4.79 Å². The molecule has 0 saturated heterocycles. The van der Waals surface area contributed by atoms with Crippen LogP contribution in [0.3, 0.4) is 0 Å². The number of nitrogens with zero attached hydrogens (tertiary/aromatic N) is 1. The number of benzene rings is 1. The zero-order chi connectivity index (χ0) is 10.6. The summed E-state index contributed by atoms with van der Waals surface area (Å²) in [6.07, 6.45) is 0.380. The molecule has 1 rings (SSSR count). The van der Waals surface area contributed by atoms with Crippen LogP contribution < -0.4 is 0 Å². The summed E-state index contributed by atoms with van der Waals surface area (Å²) in [6.45, 7) is 2.02. The maximum absolute atomic E-state index is 11.4. The monoisotopic (exact) mass is 193 g/mol. The smallest absolute Gasteiger partial charge is 0.250 e. The number of amides is 1. The van der Waals surface area contributed by atoms with Crippen LogP contribution in [0.1, 0.15) is 11.1 Å². The number of carbonyl (C=O) groups excluding carboxylic acids is 1. The largest absolute Gasteiger partial charge is 0.275 e. The Morgan fingerprint density at radius 3 is 2.43 bits per heavy atom. The molecule has 3 nitrogen and oxygen atoms in total. The summed E-state index contributed by atoms with van der Waals surface area (Å²) in [6, 6.07) is 7.90. The van der Waals surface area contributed by atoms with Crippen LogP contribution in [0.25, 0.3) is 0 Å². The van der Waals surface area contributed by atoms with E-state index in [-0.39, 0.29) is 5.91 Å². The Labute approximate surface area is 84.2 Å². The standard InChI is InChI=1S/C11H15NO2/c1-9-4-6-10(7-5-9)8-11(13)12(2)14-3/h4-7H,8H2,1-3H3. The average Bonchev–Trinajstić information content (AvgIpc) is 2.20. The van der Waals surface area contributed by atoms with E-state index in [1.165, 1.54) is 17.7 Å². The summed E-state index contributed by atoms with van der Waals surface area (Å²) in [5.74, 6) is -0.0450. The molecule has 0 unspecified atom stereocenters. The lowest BCUT2D eigenvalue weighted by atomic mass is 10.1. The molecule has 0 aromatic heterocycles. The zero-order valence-electron chi connectivity index (χ0n) is 8.78. The van der Waals surface area contributed by atoms with Gasteiger partial charge in [-0.2, -0.15) is 0 Å². The molecule has 0 spiro atoms. The molecule has 0 saturated carbocycles. The minimum atomic E-state index is -0.0450. The summed E-state index contributed by atoms with van der Waals surface area (Å²) in [5, 5.41) is 1.24. The summed E-state index contributed by atoms with van der Waals surface area (Å²) in [4.78, 5) is 16.2. The van der Waals surface area contributed by atoms with Gasteiger partial charge < -0.3 is 0 Å². The van der Waals surface area contributed by atoms with Crippen molar-refractivity contribution in [1.82, 2.24) is 5.06 Å². The normalized spacial score (nSPS) is 9.93. The lowest BCUT2D eigenvalue weighted by Gasteiger charge is -2.13. The molecule has 14 heavy (non-hydrogen) atoms. The van der Waals surface area contributed by atoms with Crippen molar-refractivity contribution in [3.05, 3.63) is 35.4 Å². The van der Waals surface area contributed by atoms with Gasteiger partial charge in [0.2, 0.25) is 5.91 Å². The van der Waals surface area contributed by atoms with E-state index < -0.39 is 0 Å². The van der Waals surface area contributed by atoms with E-state index in [1.807, 2.05) is 31.2 Å². The highest BCUT2D eigenvalue weighted by Crippen LogP contribution is 2.05. The molecular weight excluding hydrogens is 178 g/mol. The molecule has 0 heterocycles. The molecule has 0 N–H and O–H groups in total. The van der Waals surface area contributed by atoms with Crippen LogP contribution in [0.5, 0.6) is 0 Å². The van der Waals surface area contributed by atoms with Gasteiger partial charge in [0, 0.05) is 7.05 Å². The molecule has 0 aliphatic rings. The molecule has 0 atom stereocenters. The Morgan fingerprint density at radius 1 is 1.36 bits per heavy atom. The number of likely N-dealkylation sites (N-methyl/N-ethyl adjacent to an activating group) is 1. The molecular formula is C11H15NO2. The SMILES string of the molecule is CON(C)C(=O)Cc1ccc(C)cc1. The molecule has 76 valence electrons. The first-order valence-electron chi connectivity index (χ1n) is 4.49. The van der Waals surface area contributed by atoms with Gasteiger partial charge in [-0.15, -0.1) is 0 Å². The Bertz CT molecular complexity index is 306. The quantitative estimate of drug-likeness (QED) is 0.682. The average molecular weight is 193 g/mol. The first kappa shape index (κ1) is 10.7. The van der Waals surface area contributed by atoms with Crippen LogP contribution in [0.2, 0.25) is 0 Å². The van der Waals surface area contributed by atoms with Crippen molar-refractivity contribution < 1.29 is 9.63 Å². The fourth-order valence-corrected chi connectivity index (χ4v) is 1.09. The summed E-state index contributed by atoms with van der Waals surface area (Å²) in [5.41, 5.74) is 2.20. The highest BCUT2D eigenvalue weighted by Gasteiger charge is 2.07. The number of rotatable bonds is 3. The second kappa shape index (κ2) is 4.77. The third-order valence-corrected chi connectivity index (χ3v) is 2.10. The van der Waals surface area contributed by atoms with Gasteiger partial charge in [-0.3, -0.25) is 9.63 Å². The number of hydrogen-bond acceptors (Lipinski definition) is 2. The lowest BCUT2D eigenvalue weighted by Crippen LogP contribution is -2.26. The van der Waals surface area contributed by atoms with E-state index in [0.717, 1.165) is 5.56 Å². The summed E-state index contributed by atoms with van der Waals surface area (Å²) >= 11 is 0. The lowest BCUT2D eigenvalue weighted by molar-refractivity contribution is -0.167. The number of aryl methyl sites for hydroxylation is 1. The fourth-order valence-electron chi connectivity index (χ4n) is 1.09. The van der Waals surface area contributed by atoms with Crippen LogP contribution >= 0.6 is 0 Å². The fraction of sp³-hybridized carbons (Fsp3) is 0.364. The van der Waals surface area contributed by atoms with Gasteiger partial charge in [0.1, 0.15) is 0 Å². The minimum absolute atomic E-state index is 0.0450. The van der Waals surface area contributed by atoms with Crippen LogP contribution in [0, 0.1) is 6.92 Å². The van der Waals surface area contributed by atoms with Gasteiger partial charge in [0.05, 0.1) is 13.5 Å². The van der Waals surface area contributed by atoms with Crippen LogP contribution in [-0.4, -0.2) is 25.1 Å². The minimum Gasteiger partial charge on any atom is -0.275 e. The second-order valence-electron chi connectivity index (χ2n) is 3.24. The summed E-state index contributed by atoms with van der Waals surface area (Å²) in [7, 11) is 3.09. The zero-order valence-corrected chi connectivity index (χ0v) is 8.78. The third kappa shape index (κ3) is 2.85. The summed E-state index contributed by atoms with van der Waals surface area (Å²) < 4.78 is 0. The van der Waals surface area contributed by atoms with Gasteiger partial charge in [0.15, 0.2) is 0 Å². The van der Waals surface area contributed by atoms with Crippen molar-refractivity contribution >= 4 is 5.91 Å². The molecule has 1 aromatic carbocycles. The van der Waals surface area contributed by atoms with Crippen molar-refractivity contribution in [1.29, 1.82) is 0 Å². The third-order valence-electron chi connectivity index (χ3n) is 2.10. The molecule has 0 aliphatic carbocycles. The van der Waals surface area contributed by atoms with Crippen molar-refractivity contribution in [2.75, 3.05) is 14.2 Å². The maximum Gasteiger partial charge on any atom is 0.250 e. The predicted octanol–water partition coefficient (Wildman–Crippen LogP) is 1.56. The molecule has 3 heteroatoms. The van der Waals surface area contributed by atoms with Gasteiger partial charge in [-0.1, -0.05) is 29.8 Å². The highest BCUT2D eigenvalue weighted by molar-refractivity contribution is 5.77. The van der Waals surface area contributed by atoms with Crippen molar-refractivity contribution in [3.8, 4) is 0 Å². The topological polar surface area (TPSA) is 29.5 Å². The van der Waals surface area contributed by atoms with Crippen molar-refractivity contribution in [2.45, 2.75) is 13.3 Å². The molecule has 0 fully saturated rings. The van der Waals surface area contributed by atoms with E-state index in [2.05, 4.69) is 0 Å². The molecule has 1 amide bonds. The van der Waals surface area contributed by atoms with Gasteiger partial charge >= 0.3 is 0 Å².